The maximum absolute atomic E-state index is 12.7. The highest BCUT2D eigenvalue weighted by atomic mass is 35.5. The summed E-state index contributed by atoms with van der Waals surface area (Å²) in [5.74, 6) is -0.983. The molecule has 1 atom stereocenters. The molecule has 21 heavy (non-hydrogen) atoms. The molecule has 0 radical (unpaired) electrons. The third kappa shape index (κ3) is 7.06. The Bertz CT molecular complexity index is 466. The van der Waals surface area contributed by atoms with Gasteiger partial charge >= 0.3 is 0 Å². The van der Waals surface area contributed by atoms with E-state index in [2.05, 4.69) is 10.6 Å². The largest absolute Gasteiger partial charge is 0.350 e. The molecule has 2 amide bonds. The number of hydrogen-bond donors (Lipinski definition) is 3. The Kier molecular flexibility index (Phi) is 8.57. The van der Waals surface area contributed by atoms with E-state index in [0.717, 1.165) is 5.56 Å². The van der Waals surface area contributed by atoms with E-state index in [9.17, 15) is 14.0 Å². The zero-order valence-corrected chi connectivity index (χ0v) is 12.9. The zero-order chi connectivity index (χ0) is 15.1. The first-order valence-corrected chi connectivity index (χ1v) is 6.44. The van der Waals surface area contributed by atoms with Crippen LogP contribution < -0.4 is 16.4 Å². The number of amides is 2. The van der Waals surface area contributed by atoms with Crippen LogP contribution in [0.15, 0.2) is 24.3 Å². The van der Waals surface area contributed by atoms with Gasteiger partial charge in [0.1, 0.15) is 5.82 Å². The number of nitrogens with two attached hydrogens (primary N) is 1. The van der Waals surface area contributed by atoms with Crippen LogP contribution in [0.5, 0.6) is 0 Å². The number of carbonyl (C=O) groups is 2. The zero-order valence-electron chi connectivity index (χ0n) is 12.1. The highest BCUT2D eigenvalue weighted by Gasteiger charge is 2.17. The minimum absolute atomic E-state index is 0. The molecule has 7 heteroatoms. The van der Waals surface area contributed by atoms with Gasteiger partial charge in [-0.2, -0.15) is 0 Å². The van der Waals surface area contributed by atoms with E-state index < -0.39 is 6.04 Å². The van der Waals surface area contributed by atoms with E-state index in [1.807, 2.05) is 13.8 Å². The quantitative estimate of drug-likeness (QED) is 0.731. The topological polar surface area (TPSA) is 84.2 Å². The van der Waals surface area contributed by atoms with Crippen molar-refractivity contribution in [3.63, 3.8) is 0 Å². The van der Waals surface area contributed by atoms with Gasteiger partial charge < -0.3 is 16.4 Å². The molecule has 0 aliphatic heterocycles. The second-order valence-corrected chi connectivity index (χ2v) is 4.89. The van der Waals surface area contributed by atoms with Gasteiger partial charge in [0.05, 0.1) is 12.6 Å². The van der Waals surface area contributed by atoms with Gasteiger partial charge in [0.15, 0.2) is 0 Å². The van der Waals surface area contributed by atoms with Crippen molar-refractivity contribution >= 4 is 24.2 Å². The molecule has 0 bridgehead atoms. The number of nitrogens with one attached hydrogen (secondary N) is 2. The summed E-state index contributed by atoms with van der Waals surface area (Å²) in [5, 5.41) is 5.10. The summed E-state index contributed by atoms with van der Waals surface area (Å²) in [6.45, 7) is 3.82. The van der Waals surface area contributed by atoms with Gasteiger partial charge in [-0.3, -0.25) is 9.59 Å². The minimum atomic E-state index is -0.625. The summed E-state index contributed by atoms with van der Waals surface area (Å²) in [6, 6.07) is 5.20. The average Bonchev–Trinajstić information content (AvgIpc) is 2.43. The van der Waals surface area contributed by atoms with E-state index >= 15 is 0 Å². The Morgan fingerprint density at radius 3 is 2.29 bits per heavy atom. The van der Waals surface area contributed by atoms with E-state index in [4.69, 9.17) is 5.73 Å². The van der Waals surface area contributed by atoms with E-state index in [-0.39, 0.29) is 49.0 Å². The lowest BCUT2D eigenvalue weighted by Gasteiger charge is -2.15. The molecule has 0 saturated heterocycles. The molecular formula is C14H21ClFN3O2. The van der Waals surface area contributed by atoms with Gasteiger partial charge in [-0.1, -0.05) is 26.0 Å². The van der Waals surface area contributed by atoms with Crippen molar-refractivity contribution < 1.29 is 14.0 Å². The third-order valence-electron chi connectivity index (χ3n) is 2.85. The molecule has 0 unspecified atom stereocenters. The first-order chi connectivity index (χ1) is 9.40. The first-order valence-electron chi connectivity index (χ1n) is 6.44. The lowest BCUT2D eigenvalue weighted by atomic mass is 10.1. The van der Waals surface area contributed by atoms with Crippen molar-refractivity contribution in [2.75, 3.05) is 6.54 Å². The highest BCUT2D eigenvalue weighted by molar-refractivity contribution is 5.87. The SMILES string of the molecule is CC(C)[C@H](N)C(=O)NCC(=O)NCc1ccc(F)cc1.Cl. The molecule has 0 aliphatic carbocycles. The normalized spacial score (nSPS) is 11.5. The van der Waals surface area contributed by atoms with E-state index in [0.29, 0.717) is 0 Å². The van der Waals surface area contributed by atoms with Crippen molar-refractivity contribution in [1.29, 1.82) is 0 Å². The Labute approximate surface area is 129 Å². The molecule has 118 valence electrons. The summed E-state index contributed by atoms with van der Waals surface area (Å²) >= 11 is 0. The summed E-state index contributed by atoms with van der Waals surface area (Å²) in [4.78, 5) is 23.1. The smallest absolute Gasteiger partial charge is 0.239 e. The van der Waals surface area contributed by atoms with Crippen LogP contribution in [-0.4, -0.2) is 24.4 Å². The van der Waals surface area contributed by atoms with Gasteiger partial charge in [0.2, 0.25) is 11.8 Å². The monoisotopic (exact) mass is 317 g/mol. The van der Waals surface area contributed by atoms with Crippen LogP contribution >= 0.6 is 12.4 Å². The Morgan fingerprint density at radius 2 is 1.76 bits per heavy atom. The van der Waals surface area contributed by atoms with Crippen LogP contribution in [0.2, 0.25) is 0 Å². The lowest BCUT2D eigenvalue weighted by molar-refractivity contribution is -0.127. The van der Waals surface area contributed by atoms with Gasteiger partial charge in [-0.25, -0.2) is 4.39 Å². The Balaban J connectivity index is 0.00000400. The van der Waals surface area contributed by atoms with Crippen LogP contribution in [0.25, 0.3) is 0 Å². The number of halogens is 2. The Morgan fingerprint density at radius 1 is 1.19 bits per heavy atom. The molecule has 5 nitrogen and oxygen atoms in total. The highest BCUT2D eigenvalue weighted by Crippen LogP contribution is 2.01. The van der Waals surface area contributed by atoms with E-state index in [1.54, 1.807) is 12.1 Å². The van der Waals surface area contributed by atoms with Gasteiger partial charge in [-0.05, 0) is 23.6 Å². The second kappa shape index (κ2) is 9.31. The fourth-order valence-corrected chi connectivity index (χ4v) is 1.45. The van der Waals surface area contributed by atoms with Gasteiger partial charge in [-0.15, -0.1) is 12.4 Å². The molecule has 0 fully saturated rings. The van der Waals surface area contributed by atoms with Crippen molar-refractivity contribution in [1.82, 2.24) is 10.6 Å². The fraction of sp³-hybridized carbons (Fsp3) is 0.429. The van der Waals surface area contributed by atoms with Crippen LogP contribution in [0.3, 0.4) is 0 Å². The maximum Gasteiger partial charge on any atom is 0.239 e. The summed E-state index contributed by atoms with van der Waals surface area (Å²) in [6.07, 6.45) is 0. The lowest BCUT2D eigenvalue weighted by Crippen LogP contribution is -2.47. The standard InChI is InChI=1S/C14H20FN3O2.ClH/c1-9(2)13(16)14(20)18-8-12(19)17-7-10-3-5-11(15)6-4-10;/h3-6,9,13H,7-8,16H2,1-2H3,(H,17,19)(H,18,20);1H/t13-;/m0./s1. The molecule has 4 N–H and O–H groups in total. The van der Waals surface area contributed by atoms with Crippen LogP contribution in [0.4, 0.5) is 4.39 Å². The number of carbonyl (C=O) groups excluding carboxylic acids is 2. The van der Waals surface area contributed by atoms with Crippen LogP contribution in [0, 0.1) is 11.7 Å². The van der Waals surface area contributed by atoms with Crippen molar-refractivity contribution in [2.45, 2.75) is 26.4 Å². The van der Waals surface area contributed by atoms with Gasteiger partial charge in [0, 0.05) is 6.54 Å². The first kappa shape index (κ1) is 19.3. The molecule has 0 aromatic heterocycles. The number of hydrogen-bond acceptors (Lipinski definition) is 3. The van der Waals surface area contributed by atoms with Crippen molar-refractivity contribution in [2.24, 2.45) is 11.7 Å². The number of rotatable bonds is 6. The second-order valence-electron chi connectivity index (χ2n) is 4.89. The molecule has 0 saturated carbocycles. The predicted octanol–water partition coefficient (Wildman–Crippen LogP) is 0.963. The maximum atomic E-state index is 12.7. The minimum Gasteiger partial charge on any atom is -0.350 e. The van der Waals surface area contributed by atoms with Crippen LogP contribution in [0.1, 0.15) is 19.4 Å². The molecule has 1 rings (SSSR count). The average molecular weight is 318 g/mol. The van der Waals surface area contributed by atoms with Crippen molar-refractivity contribution in [3.05, 3.63) is 35.6 Å². The molecule has 1 aromatic carbocycles. The molecular weight excluding hydrogens is 297 g/mol. The molecule has 0 heterocycles. The summed E-state index contributed by atoms with van der Waals surface area (Å²) < 4.78 is 12.7. The summed E-state index contributed by atoms with van der Waals surface area (Å²) in [5.41, 5.74) is 6.43. The number of benzene rings is 1. The fourth-order valence-electron chi connectivity index (χ4n) is 1.45. The molecule has 1 aromatic rings. The Hall–Kier alpha value is -1.66. The van der Waals surface area contributed by atoms with Crippen LogP contribution in [-0.2, 0) is 16.1 Å². The summed E-state index contributed by atoms with van der Waals surface area (Å²) in [7, 11) is 0. The predicted molar refractivity (Wildman–Crippen MR) is 81.3 cm³/mol. The van der Waals surface area contributed by atoms with E-state index in [1.165, 1.54) is 12.1 Å². The molecule has 0 aliphatic rings. The van der Waals surface area contributed by atoms with Crippen molar-refractivity contribution in [3.8, 4) is 0 Å². The third-order valence-corrected chi connectivity index (χ3v) is 2.85. The van der Waals surface area contributed by atoms with Gasteiger partial charge in [0.25, 0.3) is 0 Å². The molecule has 0 spiro atoms.